The van der Waals surface area contributed by atoms with Crippen LogP contribution in [0.25, 0.3) is 6.08 Å². The second-order valence-electron chi connectivity index (χ2n) is 5.23. The summed E-state index contributed by atoms with van der Waals surface area (Å²) in [6.07, 6.45) is 4.93. The van der Waals surface area contributed by atoms with E-state index in [1.165, 1.54) is 11.1 Å². The molecule has 0 radical (unpaired) electrons. The molecule has 0 saturated heterocycles. The zero-order chi connectivity index (χ0) is 12.2. The number of aryl methyl sites for hydroxylation is 1. The van der Waals surface area contributed by atoms with Crippen LogP contribution in [0.15, 0.2) is 22.3 Å². The normalized spacial score (nSPS) is 13.2. The van der Waals surface area contributed by atoms with Crippen molar-refractivity contribution in [3.8, 4) is 0 Å². The quantitative estimate of drug-likeness (QED) is 0.837. The predicted octanol–water partition coefficient (Wildman–Crippen LogP) is 3.77. The van der Waals surface area contributed by atoms with Gasteiger partial charge in [-0.3, -0.25) is 0 Å². The molecular weight excluding hydrogens is 198 g/mol. The Morgan fingerprint density at radius 1 is 1.44 bits per heavy atom. The molecule has 0 amide bonds. The Balaban J connectivity index is 2.68. The summed E-state index contributed by atoms with van der Waals surface area (Å²) in [4.78, 5) is 0. The van der Waals surface area contributed by atoms with Crippen molar-refractivity contribution >= 4 is 6.08 Å². The molecule has 0 unspecified atom stereocenters. The van der Waals surface area contributed by atoms with Gasteiger partial charge in [0.05, 0.1) is 6.26 Å². The number of hydrogen-bond donors (Lipinski definition) is 1. The molecule has 0 aliphatic carbocycles. The molecule has 1 aromatic heterocycles. The van der Waals surface area contributed by atoms with E-state index in [4.69, 9.17) is 4.42 Å². The van der Waals surface area contributed by atoms with E-state index in [1.807, 2.05) is 6.07 Å². The van der Waals surface area contributed by atoms with Gasteiger partial charge in [0.2, 0.25) is 0 Å². The maximum atomic E-state index is 5.42. The first-order valence-electron chi connectivity index (χ1n) is 5.91. The number of furan rings is 1. The van der Waals surface area contributed by atoms with E-state index in [-0.39, 0.29) is 5.54 Å². The van der Waals surface area contributed by atoms with Gasteiger partial charge in [-0.2, -0.15) is 0 Å². The van der Waals surface area contributed by atoms with Gasteiger partial charge in [-0.15, -0.1) is 0 Å². The standard InChI is InChI=1S/C14H23NO/c1-6-12(10-15-14(3,4)5)9-13-11(2)7-8-16-13/h7-9,15H,6,10H2,1-5H3/b12-9-. The molecule has 1 N–H and O–H groups in total. The van der Waals surface area contributed by atoms with Gasteiger partial charge in [-0.05, 0) is 51.8 Å². The summed E-state index contributed by atoms with van der Waals surface area (Å²) >= 11 is 0. The first-order valence-corrected chi connectivity index (χ1v) is 5.91. The lowest BCUT2D eigenvalue weighted by Gasteiger charge is -2.21. The minimum atomic E-state index is 0.159. The molecule has 16 heavy (non-hydrogen) atoms. The van der Waals surface area contributed by atoms with Crippen LogP contribution in [-0.2, 0) is 0 Å². The van der Waals surface area contributed by atoms with Crippen LogP contribution in [-0.4, -0.2) is 12.1 Å². The number of rotatable bonds is 4. The largest absolute Gasteiger partial charge is 0.465 e. The smallest absolute Gasteiger partial charge is 0.129 e. The van der Waals surface area contributed by atoms with Gasteiger partial charge in [0.15, 0.2) is 0 Å². The highest BCUT2D eigenvalue weighted by molar-refractivity contribution is 5.51. The average molecular weight is 221 g/mol. The Bertz CT molecular complexity index is 355. The summed E-state index contributed by atoms with van der Waals surface area (Å²) in [5, 5.41) is 3.49. The molecule has 0 saturated carbocycles. The highest BCUT2D eigenvalue weighted by Crippen LogP contribution is 2.15. The van der Waals surface area contributed by atoms with Crippen LogP contribution in [0.3, 0.4) is 0 Å². The summed E-state index contributed by atoms with van der Waals surface area (Å²) in [5.74, 6) is 0.979. The molecule has 1 aromatic rings. The Morgan fingerprint density at radius 2 is 2.12 bits per heavy atom. The summed E-state index contributed by atoms with van der Waals surface area (Å²) in [5.41, 5.74) is 2.72. The topological polar surface area (TPSA) is 25.2 Å². The first-order chi connectivity index (χ1) is 7.42. The van der Waals surface area contributed by atoms with Crippen molar-refractivity contribution in [2.45, 2.75) is 46.6 Å². The van der Waals surface area contributed by atoms with Crippen molar-refractivity contribution in [3.63, 3.8) is 0 Å². The number of nitrogens with one attached hydrogen (secondary N) is 1. The fourth-order valence-corrected chi connectivity index (χ4v) is 1.37. The fourth-order valence-electron chi connectivity index (χ4n) is 1.37. The van der Waals surface area contributed by atoms with E-state index < -0.39 is 0 Å². The molecule has 0 atom stereocenters. The van der Waals surface area contributed by atoms with E-state index >= 15 is 0 Å². The van der Waals surface area contributed by atoms with Crippen molar-refractivity contribution in [3.05, 3.63) is 29.2 Å². The van der Waals surface area contributed by atoms with Gasteiger partial charge in [-0.25, -0.2) is 0 Å². The third-order valence-electron chi connectivity index (χ3n) is 2.54. The highest BCUT2D eigenvalue weighted by Gasteiger charge is 2.09. The van der Waals surface area contributed by atoms with Crippen molar-refractivity contribution < 1.29 is 4.42 Å². The molecule has 2 nitrogen and oxygen atoms in total. The third-order valence-corrected chi connectivity index (χ3v) is 2.54. The second kappa shape index (κ2) is 5.35. The van der Waals surface area contributed by atoms with Crippen molar-refractivity contribution in [1.82, 2.24) is 5.32 Å². The molecule has 0 bridgehead atoms. The first kappa shape index (κ1) is 13.0. The molecule has 0 fully saturated rings. The second-order valence-corrected chi connectivity index (χ2v) is 5.23. The molecule has 0 spiro atoms. The zero-order valence-corrected chi connectivity index (χ0v) is 11.1. The SMILES string of the molecule is CC/C(=C/c1occc1C)CNC(C)(C)C. The molecule has 2 heteroatoms. The Kier molecular flexibility index (Phi) is 4.36. The lowest BCUT2D eigenvalue weighted by molar-refractivity contribution is 0.442. The van der Waals surface area contributed by atoms with E-state index in [9.17, 15) is 0 Å². The van der Waals surface area contributed by atoms with Crippen LogP contribution in [0, 0.1) is 6.92 Å². The summed E-state index contributed by atoms with van der Waals surface area (Å²) < 4.78 is 5.42. The molecule has 1 rings (SSSR count). The third kappa shape index (κ3) is 4.23. The van der Waals surface area contributed by atoms with Crippen molar-refractivity contribution in [2.24, 2.45) is 0 Å². The van der Waals surface area contributed by atoms with Gasteiger partial charge >= 0.3 is 0 Å². The Labute approximate surface area is 98.7 Å². The van der Waals surface area contributed by atoms with E-state index in [0.717, 1.165) is 18.7 Å². The van der Waals surface area contributed by atoms with Crippen LogP contribution in [0.2, 0.25) is 0 Å². The van der Waals surface area contributed by atoms with Crippen LogP contribution in [0.4, 0.5) is 0 Å². The van der Waals surface area contributed by atoms with Gasteiger partial charge in [0.1, 0.15) is 5.76 Å². The highest BCUT2D eigenvalue weighted by atomic mass is 16.3. The molecular formula is C14H23NO. The predicted molar refractivity (Wildman–Crippen MR) is 69.5 cm³/mol. The van der Waals surface area contributed by atoms with Gasteiger partial charge < -0.3 is 9.73 Å². The molecule has 0 aliphatic heterocycles. The molecule has 1 heterocycles. The lowest BCUT2D eigenvalue weighted by atomic mass is 10.1. The van der Waals surface area contributed by atoms with Crippen LogP contribution < -0.4 is 5.32 Å². The lowest BCUT2D eigenvalue weighted by Crippen LogP contribution is -2.36. The van der Waals surface area contributed by atoms with E-state index in [2.05, 4.69) is 46.0 Å². The van der Waals surface area contributed by atoms with Crippen molar-refractivity contribution in [2.75, 3.05) is 6.54 Å². The Morgan fingerprint density at radius 3 is 2.56 bits per heavy atom. The van der Waals surface area contributed by atoms with Crippen molar-refractivity contribution in [1.29, 1.82) is 0 Å². The van der Waals surface area contributed by atoms with Gasteiger partial charge in [0, 0.05) is 12.1 Å². The molecule has 0 aliphatic rings. The van der Waals surface area contributed by atoms with Crippen LogP contribution in [0.5, 0.6) is 0 Å². The monoisotopic (exact) mass is 221 g/mol. The van der Waals surface area contributed by atoms with Crippen LogP contribution >= 0.6 is 0 Å². The maximum Gasteiger partial charge on any atom is 0.129 e. The minimum absolute atomic E-state index is 0.159. The zero-order valence-electron chi connectivity index (χ0n) is 11.1. The van der Waals surface area contributed by atoms with Gasteiger partial charge in [0.25, 0.3) is 0 Å². The van der Waals surface area contributed by atoms with E-state index in [0.29, 0.717) is 0 Å². The summed E-state index contributed by atoms with van der Waals surface area (Å²) in [6.45, 7) is 11.7. The maximum absolute atomic E-state index is 5.42. The summed E-state index contributed by atoms with van der Waals surface area (Å²) in [6, 6.07) is 2.00. The van der Waals surface area contributed by atoms with Gasteiger partial charge in [-0.1, -0.05) is 12.5 Å². The summed E-state index contributed by atoms with van der Waals surface area (Å²) in [7, 11) is 0. The molecule has 90 valence electrons. The Hall–Kier alpha value is -1.02. The average Bonchev–Trinajstić information content (AvgIpc) is 2.57. The van der Waals surface area contributed by atoms with Crippen LogP contribution in [0.1, 0.15) is 45.4 Å². The minimum Gasteiger partial charge on any atom is -0.465 e. The number of hydrogen-bond acceptors (Lipinski definition) is 2. The molecule has 0 aromatic carbocycles. The van der Waals surface area contributed by atoms with E-state index in [1.54, 1.807) is 6.26 Å². The fraction of sp³-hybridized carbons (Fsp3) is 0.571.